The largest absolute Gasteiger partial charge is 0.483 e. The van der Waals surface area contributed by atoms with Crippen LogP contribution in [0.1, 0.15) is 39.0 Å². The third kappa shape index (κ3) is 7.19. The van der Waals surface area contributed by atoms with Crippen molar-refractivity contribution in [3.05, 3.63) is 33.3 Å². The molecule has 2 N–H and O–H groups in total. The Labute approximate surface area is 139 Å². The van der Waals surface area contributed by atoms with E-state index in [-0.39, 0.29) is 17.5 Å². The Kier molecular flexibility index (Phi) is 8.18. The molecule has 0 aliphatic rings. The predicted octanol–water partition coefficient (Wildman–Crippen LogP) is 4.23. The van der Waals surface area contributed by atoms with Crippen molar-refractivity contribution in [2.45, 2.75) is 45.1 Å². The Hall–Kier alpha value is -2.02. The zero-order valence-corrected chi connectivity index (χ0v) is 13.7. The van der Waals surface area contributed by atoms with Crippen molar-refractivity contribution in [3.8, 4) is 5.75 Å². The van der Waals surface area contributed by atoms with Crippen LogP contribution in [0.5, 0.6) is 5.75 Å². The lowest BCUT2D eigenvalue weighted by atomic mass is 10.1. The summed E-state index contributed by atoms with van der Waals surface area (Å²) in [6, 6.07) is 4.21. The van der Waals surface area contributed by atoms with Gasteiger partial charge < -0.3 is 15.2 Å². The monoisotopic (exact) mass is 344 g/mol. The van der Waals surface area contributed by atoms with Crippen molar-refractivity contribution in [1.29, 1.82) is 0 Å². The maximum atomic E-state index is 11.1. The van der Waals surface area contributed by atoms with Gasteiger partial charge in [-0.05, 0) is 25.3 Å². The number of unbranched alkanes of at least 4 members (excludes halogenated alkanes) is 1. The van der Waals surface area contributed by atoms with Crippen molar-refractivity contribution >= 4 is 23.4 Å². The van der Waals surface area contributed by atoms with Crippen LogP contribution in [0.15, 0.2) is 18.2 Å². The van der Waals surface area contributed by atoms with Gasteiger partial charge in [-0.3, -0.25) is 10.1 Å². The van der Waals surface area contributed by atoms with E-state index < -0.39 is 11.0 Å². The number of halogens is 1. The summed E-state index contributed by atoms with van der Waals surface area (Å²) in [7, 11) is 0. The number of carbonyl (C=O) groups is 1. The van der Waals surface area contributed by atoms with Crippen LogP contribution in [0.3, 0.4) is 0 Å². The number of benzene rings is 1. The number of nitro benzene ring substituents is 1. The molecule has 1 unspecified atom stereocenters. The van der Waals surface area contributed by atoms with E-state index in [1.165, 1.54) is 18.2 Å². The van der Waals surface area contributed by atoms with Crippen LogP contribution < -0.4 is 10.1 Å². The first-order valence-corrected chi connectivity index (χ1v) is 7.89. The second-order valence-electron chi connectivity index (χ2n) is 5.13. The van der Waals surface area contributed by atoms with Gasteiger partial charge in [0.2, 0.25) is 0 Å². The van der Waals surface area contributed by atoms with E-state index >= 15 is 0 Å². The number of nitrogens with one attached hydrogen (secondary N) is 1. The Bertz CT molecular complexity index is 539. The highest BCUT2D eigenvalue weighted by atomic mass is 35.5. The highest BCUT2D eigenvalue weighted by molar-refractivity contribution is 6.30. The van der Waals surface area contributed by atoms with Crippen LogP contribution in [-0.2, 0) is 0 Å². The van der Waals surface area contributed by atoms with Crippen LogP contribution in [0.4, 0.5) is 10.5 Å². The van der Waals surface area contributed by atoms with Gasteiger partial charge in [0.15, 0.2) is 5.75 Å². The maximum absolute atomic E-state index is 11.1. The average Bonchev–Trinajstić information content (AvgIpc) is 2.48. The second-order valence-corrected chi connectivity index (χ2v) is 5.56. The molecular weight excluding hydrogens is 324 g/mol. The second kappa shape index (κ2) is 9.89. The Balaban J connectivity index is 2.73. The van der Waals surface area contributed by atoms with Crippen LogP contribution in [-0.4, -0.2) is 28.8 Å². The van der Waals surface area contributed by atoms with Crippen molar-refractivity contribution in [2.75, 3.05) is 6.54 Å². The first-order valence-electron chi connectivity index (χ1n) is 7.51. The van der Waals surface area contributed by atoms with E-state index in [1.54, 1.807) is 0 Å². The first kappa shape index (κ1) is 19.0. The highest BCUT2D eigenvalue weighted by Gasteiger charge is 2.19. The van der Waals surface area contributed by atoms with Crippen molar-refractivity contribution in [2.24, 2.45) is 0 Å². The third-order valence-electron chi connectivity index (χ3n) is 3.27. The quantitative estimate of drug-likeness (QED) is 0.375. The summed E-state index contributed by atoms with van der Waals surface area (Å²) in [6.07, 6.45) is 2.55. The molecule has 1 amide bonds. The summed E-state index contributed by atoms with van der Waals surface area (Å²) in [6.45, 7) is 2.36. The molecule has 0 aliphatic heterocycles. The highest BCUT2D eigenvalue weighted by Crippen LogP contribution is 2.32. The zero-order valence-electron chi connectivity index (χ0n) is 13.0. The van der Waals surface area contributed by atoms with Crippen LogP contribution in [0, 0.1) is 10.1 Å². The summed E-state index contributed by atoms with van der Waals surface area (Å²) in [4.78, 5) is 21.0. The zero-order chi connectivity index (χ0) is 17.2. The Morgan fingerprint density at radius 2 is 2.13 bits per heavy atom. The average molecular weight is 345 g/mol. The van der Waals surface area contributed by atoms with Gasteiger partial charge >= 0.3 is 11.8 Å². The van der Waals surface area contributed by atoms with E-state index in [0.717, 1.165) is 19.3 Å². The fourth-order valence-corrected chi connectivity index (χ4v) is 2.29. The van der Waals surface area contributed by atoms with Crippen LogP contribution in [0.25, 0.3) is 0 Å². The molecule has 0 fully saturated rings. The number of nitro groups is 1. The summed E-state index contributed by atoms with van der Waals surface area (Å²) < 4.78 is 5.80. The number of hydrogen-bond donors (Lipinski definition) is 2. The number of ether oxygens (including phenoxy) is 1. The van der Waals surface area contributed by atoms with E-state index in [1.807, 2.05) is 6.92 Å². The standard InChI is InChI=1S/C15H21ClN2O5/c1-2-3-5-12(6-4-9-17-15(19)20)23-14-10-11(16)7-8-13(14)18(21)22/h7-8,10,12,17H,2-6,9H2,1H3,(H,19,20). The number of carboxylic acid groups (broad SMARTS) is 1. The molecule has 0 aliphatic carbocycles. The molecule has 0 heterocycles. The number of rotatable bonds is 10. The van der Waals surface area contributed by atoms with Gasteiger partial charge in [-0.1, -0.05) is 31.4 Å². The minimum atomic E-state index is -1.07. The molecule has 0 saturated heterocycles. The molecule has 0 aromatic heterocycles. The molecule has 128 valence electrons. The molecule has 1 rings (SSSR count). The number of hydrogen-bond acceptors (Lipinski definition) is 4. The van der Waals surface area contributed by atoms with Gasteiger partial charge in [0.1, 0.15) is 0 Å². The SMILES string of the molecule is CCCCC(CCCNC(=O)O)Oc1cc(Cl)ccc1[N+](=O)[O-]. The predicted molar refractivity (Wildman–Crippen MR) is 87.3 cm³/mol. The lowest BCUT2D eigenvalue weighted by Crippen LogP contribution is -2.24. The van der Waals surface area contributed by atoms with E-state index in [9.17, 15) is 14.9 Å². The summed E-state index contributed by atoms with van der Waals surface area (Å²) in [5, 5.41) is 22.3. The molecule has 8 heteroatoms. The summed E-state index contributed by atoms with van der Waals surface area (Å²) in [5.74, 6) is 0.148. The minimum absolute atomic E-state index is 0.125. The maximum Gasteiger partial charge on any atom is 0.404 e. The van der Waals surface area contributed by atoms with Gasteiger partial charge in [0, 0.05) is 23.7 Å². The lowest BCUT2D eigenvalue weighted by molar-refractivity contribution is -0.386. The smallest absolute Gasteiger partial charge is 0.404 e. The van der Waals surface area contributed by atoms with Crippen LogP contribution in [0.2, 0.25) is 5.02 Å². The van der Waals surface area contributed by atoms with Crippen molar-refractivity contribution in [3.63, 3.8) is 0 Å². The first-order chi connectivity index (χ1) is 10.9. The molecular formula is C15H21ClN2O5. The van der Waals surface area contributed by atoms with Crippen LogP contribution >= 0.6 is 11.6 Å². The van der Waals surface area contributed by atoms with Gasteiger partial charge in [0.05, 0.1) is 11.0 Å². The minimum Gasteiger partial charge on any atom is -0.483 e. The molecule has 1 aromatic carbocycles. The number of nitrogens with zero attached hydrogens (tertiary/aromatic N) is 1. The van der Waals surface area contributed by atoms with E-state index in [0.29, 0.717) is 24.4 Å². The molecule has 1 aromatic rings. The molecule has 0 saturated carbocycles. The van der Waals surface area contributed by atoms with Gasteiger partial charge in [-0.25, -0.2) is 4.79 Å². The van der Waals surface area contributed by atoms with Gasteiger partial charge in [-0.2, -0.15) is 0 Å². The molecule has 7 nitrogen and oxygen atoms in total. The third-order valence-corrected chi connectivity index (χ3v) is 3.51. The topological polar surface area (TPSA) is 102 Å². The summed E-state index contributed by atoms with van der Waals surface area (Å²) in [5.41, 5.74) is -0.125. The molecule has 0 spiro atoms. The molecule has 0 radical (unpaired) electrons. The van der Waals surface area contributed by atoms with E-state index in [2.05, 4.69) is 5.32 Å². The fraction of sp³-hybridized carbons (Fsp3) is 0.533. The fourth-order valence-electron chi connectivity index (χ4n) is 2.13. The van der Waals surface area contributed by atoms with E-state index in [4.69, 9.17) is 21.4 Å². The number of amides is 1. The molecule has 0 bridgehead atoms. The van der Waals surface area contributed by atoms with Gasteiger partial charge in [-0.15, -0.1) is 0 Å². The van der Waals surface area contributed by atoms with Crippen molar-refractivity contribution in [1.82, 2.24) is 5.32 Å². The van der Waals surface area contributed by atoms with Crippen molar-refractivity contribution < 1.29 is 19.6 Å². The van der Waals surface area contributed by atoms with Gasteiger partial charge in [0.25, 0.3) is 0 Å². The normalized spacial score (nSPS) is 11.7. The Morgan fingerprint density at radius 1 is 1.43 bits per heavy atom. The molecule has 1 atom stereocenters. The summed E-state index contributed by atoms with van der Waals surface area (Å²) >= 11 is 5.89. The Morgan fingerprint density at radius 3 is 2.74 bits per heavy atom. The lowest BCUT2D eigenvalue weighted by Gasteiger charge is -2.19. The molecule has 23 heavy (non-hydrogen) atoms.